The number of anilines is 2. The molecule has 1 amide bonds. The molecule has 0 saturated heterocycles. The van der Waals surface area contributed by atoms with Crippen LogP contribution in [0.5, 0.6) is 0 Å². The number of hydrogen-bond acceptors (Lipinski definition) is 2. The van der Waals surface area contributed by atoms with Crippen molar-refractivity contribution in [2.45, 2.75) is 19.9 Å². The van der Waals surface area contributed by atoms with Gasteiger partial charge in [0, 0.05) is 11.4 Å². The van der Waals surface area contributed by atoms with Crippen molar-refractivity contribution in [2.75, 3.05) is 10.6 Å². The van der Waals surface area contributed by atoms with Crippen molar-refractivity contribution in [1.82, 2.24) is 0 Å². The van der Waals surface area contributed by atoms with Gasteiger partial charge in [-0.1, -0.05) is 36.4 Å². The Labute approximate surface area is 113 Å². The van der Waals surface area contributed by atoms with Crippen molar-refractivity contribution in [3.05, 3.63) is 60.2 Å². The monoisotopic (exact) mass is 254 g/mol. The minimum absolute atomic E-state index is 0.0468. The average Bonchev–Trinajstić information content (AvgIpc) is 2.42. The van der Waals surface area contributed by atoms with E-state index in [2.05, 4.69) is 10.6 Å². The van der Waals surface area contributed by atoms with Gasteiger partial charge < -0.3 is 10.6 Å². The lowest BCUT2D eigenvalue weighted by Gasteiger charge is -2.16. The first-order valence-corrected chi connectivity index (χ1v) is 6.35. The van der Waals surface area contributed by atoms with E-state index < -0.39 is 0 Å². The summed E-state index contributed by atoms with van der Waals surface area (Å²) in [4.78, 5) is 12.1. The molecule has 2 rings (SSSR count). The first kappa shape index (κ1) is 13.1. The van der Waals surface area contributed by atoms with E-state index in [9.17, 15) is 4.79 Å². The Kier molecular flexibility index (Phi) is 4.18. The van der Waals surface area contributed by atoms with Crippen molar-refractivity contribution >= 4 is 17.3 Å². The summed E-state index contributed by atoms with van der Waals surface area (Å²) in [6.45, 7) is 3.87. The third-order valence-electron chi connectivity index (χ3n) is 2.95. The lowest BCUT2D eigenvalue weighted by molar-refractivity contribution is -0.116. The smallest absolute Gasteiger partial charge is 0.246 e. The van der Waals surface area contributed by atoms with Gasteiger partial charge in [-0.15, -0.1) is 0 Å². The zero-order valence-corrected chi connectivity index (χ0v) is 11.2. The summed E-state index contributed by atoms with van der Waals surface area (Å²) < 4.78 is 0. The van der Waals surface area contributed by atoms with Gasteiger partial charge in [-0.25, -0.2) is 0 Å². The van der Waals surface area contributed by atoms with Gasteiger partial charge in [0.25, 0.3) is 0 Å². The van der Waals surface area contributed by atoms with Crippen molar-refractivity contribution in [2.24, 2.45) is 0 Å². The first-order chi connectivity index (χ1) is 9.16. The van der Waals surface area contributed by atoms with Gasteiger partial charge in [0.1, 0.15) is 6.04 Å². The molecule has 0 fully saturated rings. The maximum Gasteiger partial charge on any atom is 0.246 e. The molecule has 0 spiro atoms. The minimum Gasteiger partial charge on any atom is -0.374 e. The van der Waals surface area contributed by atoms with Crippen molar-refractivity contribution in [3.63, 3.8) is 0 Å². The van der Waals surface area contributed by atoms with E-state index in [0.29, 0.717) is 0 Å². The highest BCUT2D eigenvalue weighted by atomic mass is 16.2. The van der Waals surface area contributed by atoms with Crippen molar-refractivity contribution in [3.8, 4) is 0 Å². The van der Waals surface area contributed by atoms with Gasteiger partial charge in [0.05, 0.1) is 0 Å². The molecule has 0 radical (unpaired) electrons. The van der Waals surface area contributed by atoms with Crippen molar-refractivity contribution in [1.29, 1.82) is 0 Å². The first-order valence-electron chi connectivity index (χ1n) is 6.35. The molecule has 0 aliphatic carbocycles. The van der Waals surface area contributed by atoms with E-state index in [0.717, 1.165) is 16.9 Å². The molecule has 1 atom stereocenters. The van der Waals surface area contributed by atoms with Crippen LogP contribution >= 0.6 is 0 Å². The predicted octanol–water partition coefficient (Wildman–Crippen LogP) is 3.43. The van der Waals surface area contributed by atoms with E-state index in [1.807, 2.05) is 68.4 Å². The van der Waals surface area contributed by atoms with E-state index in [1.54, 1.807) is 0 Å². The van der Waals surface area contributed by atoms with Gasteiger partial charge in [-0.2, -0.15) is 0 Å². The van der Waals surface area contributed by atoms with Gasteiger partial charge >= 0.3 is 0 Å². The molecule has 3 nitrogen and oxygen atoms in total. The number of benzene rings is 2. The zero-order valence-electron chi connectivity index (χ0n) is 11.2. The van der Waals surface area contributed by atoms with E-state index in [-0.39, 0.29) is 11.9 Å². The summed E-state index contributed by atoms with van der Waals surface area (Å²) in [7, 11) is 0. The Morgan fingerprint density at radius 3 is 2.32 bits per heavy atom. The second-order valence-corrected chi connectivity index (χ2v) is 4.54. The molecule has 2 N–H and O–H groups in total. The summed E-state index contributed by atoms with van der Waals surface area (Å²) >= 11 is 0. The fourth-order valence-corrected chi connectivity index (χ4v) is 1.81. The maximum atomic E-state index is 12.1. The van der Waals surface area contributed by atoms with Crippen LogP contribution in [0.4, 0.5) is 11.4 Å². The Morgan fingerprint density at radius 2 is 1.63 bits per heavy atom. The van der Waals surface area contributed by atoms with Crippen molar-refractivity contribution < 1.29 is 4.79 Å². The molecule has 2 aromatic rings. The Hall–Kier alpha value is -2.29. The number of carbonyl (C=O) groups excluding carboxylic acids is 1. The number of amides is 1. The second-order valence-electron chi connectivity index (χ2n) is 4.54. The number of carbonyl (C=O) groups is 1. The third kappa shape index (κ3) is 3.58. The van der Waals surface area contributed by atoms with Crippen LogP contribution < -0.4 is 10.6 Å². The Bertz CT molecular complexity index is 552. The van der Waals surface area contributed by atoms with Gasteiger partial charge in [-0.3, -0.25) is 4.79 Å². The molecule has 1 unspecified atom stereocenters. The van der Waals surface area contributed by atoms with Crippen LogP contribution in [0.25, 0.3) is 0 Å². The predicted molar refractivity (Wildman–Crippen MR) is 79.3 cm³/mol. The molecule has 98 valence electrons. The SMILES string of the molecule is Cc1ccccc1NC(C)C(=O)Nc1ccccc1. The quantitative estimate of drug-likeness (QED) is 0.877. The number of hydrogen-bond donors (Lipinski definition) is 2. The largest absolute Gasteiger partial charge is 0.374 e. The summed E-state index contributed by atoms with van der Waals surface area (Å²) in [6, 6.07) is 17.1. The fourth-order valence-electron chi connectivity index (χ4n) is 1.81. The third-order valence-corrected chi connectivity index (χ3v) is 2.95. The normalized spacial score (nSPS) is 11.7. The minimum atomic E-state index is -0.290. The molecule has 0 aliphatic rings. The number of para-hydroxylation sites is 2. The molecular formula is C16H18N2O. The topological polar surface area (TPSA) is 41.1 Å². The Balaban J connectivity index is 1.98. The van der Waals surface area contributed by atoms with Gasteiger partial charge in [0.2, 0.25) is 5.91 Å². The number of aryl methyl sites for hydroxylation is 1. The lowest BCUT2D eigenvalue weighted by Crippen LogP contribution is -2.32. The molecule has 19 heavy (non-hydrogen) atoms. The molecule has 0 heterocycles. The molecule has 0 aliphatic heterocycles. The summed E-state index contributed by atoms with van der Waals surface area (Å²) in [5.74, 6) is -0.0468. The van der Waals surface area contributed by atoms with Crippen LogP contribution in [-0.2, 0) is 4.79 Å². The summed E-state index contributed by atoms with van der Waals surface area (Å²) in [5, 5.41) is 6.10. The number of rotatable bonds is 4. The molecule has 0 saturated carbocycles. The molecule has 2 aromatic carbocycles. The highest BCUT2D eigenvalue weighted by molar-refractivity contribution is 5.96. The second kappa shape index (κ2) is 6.05. The summed E-state index contributed by atoms with van der Waals surface area (Å²) in [6.07, 6.45) is 0. The van der Waals surface area contributed by atoms with Crippen LogP contribution in [0.1, 0.15) is 12.5 Å². The van der Waals surface area contributed by atoms with Crippen LogP contribution in [0.2, 0.25) is 0 Å². The van der Waals surface area contributed by atoms with E-state index in [4.69, 9.17) is 0 Å². The standard InChI is InChI=1S/C16H18N2O/c1-12-8-6-7-11-15(12)17-13(2)16(19)18-14-9-4-3-5-10-14/h3-11,13,17H,1-2H3,(H,18,19). The molecule has 0 bridgehead atoms. The van der Waals surface area contributed by atoms with E-state index >= 15 is 0 Å². The van der Waals surface area contributed by atoms with E-state index in [1.165, 1.54) is 0 Å². The van der Waals surface area contributed by atoms with Gasteiger partial charge in [0.15, 0.2) is 0 Å². The van der Waals surface area contributed by atoms with Crippen LogP contribution in [-0.4, -0.2) is 11.9 Å². The van der Waals surface area contributed by atoms with Crippen LogP contribution in [0, 0.1) is 6.92 Å². The van der Waals surface area contributed by atoms with Gasteiger partial charge in [-0.05, 0) is 37.6 Å². The molecule has 3 heteroatoms. The summed E-state index contributed by atoms with van der Waals surface area (Å²) in [5.41, 5.74) is 2.92. The maximum absolute atomic E-state index is 12.1. The van der Waals surface area contributed by atoms with Crippen LogP contribution in [0.3, 0.4) is 0 Å². The highest BCUT2D eigenvalue weighted by Crippen LogP contribution is 2.15. The molecule has 0 aromatic heterocycles. The molecular weight excluding hydrogens is 236 g/mol. The zero-order chi connectivity index (χ0) is 13.7. The Morgan fingerprint density at radius 1 is 1.00 bits per heavy atom. The van der Waals surface area contributed by atoms with Crippen LogP contribution in [0.15, 0.2) is 54.6 Å². The highest BCUT2D eigenvalue weighted by Gasteiger charge is 2.13. The fraction of sp³-hybridized carbons (Fsp3) is 0.188. The lowest BCUT2D eigenvalue weighted by atomic mass is 10.2. The average molecular weight is 254 g/mol. The number of nitrogens with one attached hydrogen (secondary N) is 2.